The molecular weight excluding hydrogens is 506 g/mol. The fourth-order valence-corrected chi connectivity index (χ4v) is 7.74. The van der Waals surface area contributed by atoms with E-state index in [1.165, 1.54) is 0 Å². The van der Waals surface area contributed by atoms with E-state index in [1.807, 2.05) is 44.7 Å². The van der Waals surface area contributed by atoms with E-state index in [0.717, 1.165) is 5.56 Å². The molecule has 2 aromatic rings. The van der Waals surface area contributed by atoms with Crippen molar-refractivity contribution < 1.29 is 19.1 Å². The van der Waals surface area contributed by atoms with Gasteiger partial charge in [-0.05, 0) is 63.9 Å². The van der Waals surface area contributed by atoms with Crippen LogP contribution in [0.2, 0.25) is 0 Å². The zero-order valence-corrected chi connectivity index (χ0v) is 23.1. The Kier molecular flexibility index (Phi) is 5.72. The highest BCUT2D eigenvalue weighted by molar-refractivity contribution is 6.02. The van der Waals surface area contributed by atoms with Crippen molar-refractivity contribution in [1.29, 1.82) is 5.26 Å². The smallest absolute Gasteiger partial charge is 0.410 e. The SMILES string of the molecule is C=CCC1(c2ccncc2)NC(C)N([C@]23C4C(C(=O)c5ccc(C#N)cc5)[C@H]2[C@H]3CN4C(=O)OC(C)(C)C)C1=O. The average molecular weight is 540 g/mol. The molecule has 4 aliphatic rings. The van der Waals surface area contributed by atoms with Gasteiger partial charge in [-0.3, -0.25) is 19.9 Å². The van der Waals surface area contributed by atoms with Gasteiger partial charge in [0.2, 0.25) is 5.91 Å². The van der Waals surface area contributed by atoms with Crippen LogP contribution >= 0.6 is 0 Å². The second kappa shape index (κ2) is 8.73. The number of likely N-dealkylation sites (tertiary alicyclic amines) is 1. The molecule has 1 N–H and O–H groups in total. The number of hydrogen-bond donors (Lipinski definition) is 1. The summed E-state index contributed by atoms with van der Waals surface area (Å²) in [6.45, 7) is 11.8. The molecule has 1 aromatic carbocycles. The topological polar surface area (TPSA) is 116 Å². The monoisotopic (exact) mass is 539 g/mol. The van der Waals surface area contributed by atoms with E-state index >= 15 is 0 Å². The van der Waals surface area contributed by atoms with Crippen LogP contribution in [-0.2, 0) is 15.1 Å². The van der Waals surface area contributed by atoms with Gasteiger partial charge >= 0.3 is 6.09 Å². The number of aromatic nitrogens is 1. The van der Waals surface area contributed by atoms with Crippen LogP contribution in [-0.4, -0.2) is 62.5 Å². The maximum absolute atomic E-state index is 14.5. The first-order chi connectivity index (χ1) is 19.0. The summed E-state index contributed by atoms with van der Waals surface area (Å²) >= 11 is 0. The number of nitrogens with zero attached hydrogens (tertiary/aromatic N) is 4. The first-order valence-corrected chi connectivity index (χ1v) is 13.7. The molecule has 3 heterocycles. The molecule has 2 saturated heterocycles. The molecule has 2 aliphatic heterocycles. The van der Waals surface area contributed by atoms with Gasteiger partial charge < -0.3 is 14.5 Å². The number of nitriles is 1. The van der Waals surface area contributed by atoms with Crippen LogP contribution in [0.15, 0.2) is 61.4 Å². The summed E-state index contributed by atoms with van der Waals surface area (Å²) in [4.78, 5) is 49.5. The second-order valence-electron chi connectivity index (χ2n) is 12.3. The van der Waals surface area contributed by atoms with E-state index in [-0.39, 0.29) is 29.7 Å². The maximum atomic E-state index is 14.5. The molecule has 9 heteroatoms. The maximum Gasteiger partial charge on any atom is 0.410 e. The van der Waals surface area contributed by atoms with Gasteiger partial charge in [0.05, 0.1) is 35.3 Å². The number of ketones is 1. The minimum Gasteiger partial charge on any atom is -0.444 e. The summed E-state index contributed by atoms with van der Waals surface area (Å²) in [5, 5.41) is 12.7. The van der Waals surface area contributed by atoms with Gasteiger partial charge in [0.1, 0.15) is 11.1 Å². The number of amides is 2. The minimum atomic E-state index is -1.01. The molecule has 0 bridgehead atoms. The third-order valence-corrected chi connectivity index (χ3v) is 9.08. The lowest BCUT2D eigenvalue weighted by Gasteiger charge is -2.51. The summed E-state index contributed by atoms with van der Waals surface area (Å²) in [7, 11) is 0. The van der Waals surface area contributed by atoms with Crippen molar-refractivity contribution >= 4 is 17.8 Å². The van der Waals surface area contributed by atoms with Crippen molar-refractivity contribution in [2.24, 2.45) is 17.8 Å². The van der Waals surface area contributed by atoms with E-state index in [0.29, 0.717) is 24.1 Å². The molecule has 2 aliphatic carbocycles. The molecule has 206 valence electrons. The van der Waals surface area contributed by atoms with Gasteiger partial charge in [0.15, 0.2) is 5.78 Å². The van der Waals surface area contributed by atoms with E-state index in [2.05, 4.69) is 22.9 Å². The first kappa shape index (κ1) is 26.2. The van der Waals surface area contributed by atoms with Crippen molar-refractivity contribution in [2.75, 3.05) is 6.54 Å². The zero-order valence-electron chi connectivity index (χ0n) is 23.1. The lowest BCUT2D eigenvalue weighted by Crippen LogP contribution is -2.68. The second-order valence-corrected chi connectivity index (χ2v) is 12.3. The number of ether oxygens (including phenoxy) is 1. The normalized spacial score (nSPS) is 33.6. The number of rotatable bonds is 6. The molecule has 0 radical (unpaired) electrons. The largest absolute Gasteiger partial charge is 0.444 e. The Bertz CT molecular complexity index is 1440. The average Bonchev–Trinajstić information content (AvgIpc) is 3.18. The van der Waals surface area contributed by atoms with Crippen LogP contribution in [0, 0.1) is 29.1 Å². The van der Waals surface area contributed by atoms with Gasteiger partial charge in [0.25, 0.3) is 0 Å². The summed E-state index contributed by atoms with van der Waals surface area (Å²) in [5.74, 6) is -0.731. The van der Waals surface area contributed by atoms with Gasteiger partial charge in [0, 0.05) is 36.3 Å². The van der Waals surface area contributed by atoms with E-state index in [9.17, 15) is 19.6 Å². The van der Waals surface area contributed by atoms with E-state index < -0.39 is 34.7 Å². The van der Waals surface area contributed by atoms with Crippen LogP contribution in [0.1, 0.15) is 55.6 Å². The third-order valence-electron chi connectivity index (χ3n) is 9.08. The Morgan fingerprint density at radius 1 is 1.23 bits per heavy atom. The highest BCUT2D eigenvalue weighted by Gasteiger charge is 2.92. The summed E-state index contributed by atoms with van der Waals surface area (Å²) in [6, 6.07) is 11.8. The molecule has 4 unspecified atom stereocenters. The lowest BCUT2D eigenvalue weighted by atomic mass is 9.69. The number of piperidine rings is 2. The first-order valence-electron chi connectivity index (χ1n) is 13.7. The number of carbonyl (C=O) groups is 3. The summed E-state index contributed by atoms with van der Waals surface area (Å²) in [5.41, 5.74) is -0.591. The van der Waals surface area contributed by atoms with Crippen LogP contribution < -0.4 is 5.32 Å². The Morgan fingerprint density at radius 2 is 1.90 bits per heavy atom. The van der Waals surface area contributed by atoms with Gasteiger partial charge in [-0.15, -0.1) is 6.58 Å². The van der Waals surface area contributed by atoms with Crippen molar-refractivity contribution in [2.45, 2.75) is 63.0 Å². The molecule has 1 aromatic heterocycles. The molecule has 40 heavy (non-hydrogen) atoms. The Hall–Kier alpha value is -4.03. The minimum absolute atomic E-state index is 0.0393. The number of pyridine rings is 1. The lowest BCUT2D eigenvalue weighted by molar-refractivity contribution is -0.142. The number of benzene rings is 1. The fourth-order valence-electron chi connectivity index (χ4n) is 7.74. The quantitative estimate of drug-likeness (QED) is 0.440. The molecule has 6 rings (SSSR count). The molecule has 7 atom stereocenters. The van der Waals surface area contributed by atoms with Crippen LogP contribution in [0.4, 0.5) is 4.79 Å². The van der Waals surface area contributed by atoms with E-state index in [1.54, 1.807) is 47.6 Å². The van der Waals surface area contributed by atoms with Gasteiger partial charge in [-0.25, -0.2) is 4.79 Å². The van der Waals surface area contributed by atoms with E-state index in [4.69, 9.17) is 4.74 Å². The highest BCUT2D eigenvalue weighted by atomic mass is 16.6. The van der Waals surface area contributed by atoms with Crippen LogP contribution in [0.5, 0.6) is 0 Å². The molecule has 9 nitrogen and oxygen atoms in total. The fraction of sp³-hybridized carbons (Fsp3) is 0.452. The number of fused-ring (bicyclic) bond motifs is 1. The zero-order chi connectivity index (χ0) is 28.6. The van der Waals surface area contributed by atoms with Gasteiger partial charge in [-0.2, -0.15) is 5.26 Å². The van der Waals surface area contributed by atoms with Crippen molar-refractivity contribution in [3.05, 3.63) is 78.1 Å². The Balaban J connectivity index is 1.39. The summed E-state index contributed by atoms with van der Waals surface area (Å²) in [6.07, 6.45) is 4.66. The molecule has 2 amide bonds. The summed E-state index contributed by atoms with van der Waals surface area (Å²) < 4.78 is 5.76. The van der Waals surface area contributed by atoms with Crippen molar-refractivity contribution in [1.82, 2.24) is 20.1 Å². The standard InChI is InChI=1S/C31H33N5O4/c1-6-13-30(21-11-14-33-15-12-21)27(38)36(18(2)34-30)31-22-17-35(28(39)40-29(3,4)5)26(31)23(24(22)31)25(37)20-9-7-19(16-32)8-10-20/h6-12,14-15,18,22-24,26,34H,1,13,17H2,2-5H3/t18?,22-,23?,24-,26?,30?,31+/m1/s1. The predicted octanol–water partition coefficient (Wildman–Crippen LogP) is 3.62. The Labute approximate surface area is 233 Å². The van der Waals surface area contributed by atoms with Crippen molar-refractivity contribution in [3.63, 3.8) is 0 Å². The predicted molar refractivity (Wildman–Crippen MR) is 146 cm³/mol. The third kappa shape index (κ3) is 3.42. The van der Waals surface area contributed by atoms with Crippen LogP contribution in [0.25, 0.3) is 0 Å². The number of nitrogens with one attached hydrogen (secondary N) is 1. The number of carbonyl (C=O) groups excluding carboxylic acids is 3. The molecule has 0 spiro atoms. The van der Waals surface area contributed by atoms with Crippen LogP contribution in [0.3, 0.4) is 0 Å². The van der Waals surface area contributed by atoms with Crippen molar-refractivity contribution in [3.8, 4) is 6.07 Å². The molecule has 4 fully saturated rings. The van der Waals surface area contributed by atoms with Gasteiger partial charge in [-0.1, -0.05) is 18.2 Å². The molecular formula is C31H33N5O4. The highest BCUT2D eigenvalue weighted by Crippen LogP contribution is 2.77. The number of Topliss-reactive ketones (excluding diaryl/α,β-unsaturated/α-hetero) is 1. The number of hydrogen-bond acceptors (Lipinski definition) is 7. The molecule has 2 saturated carbocycles. The Morgan fingerprint density at radius 3 is 2.50 bits per heavy atom.